The van der Waals surface area contributed by atoms with Gasteiger partial charge < -0.3 is 5.11 Å². The van der Waals surface area contributed by atoms with Crippen LogP contribution in [0.1, 0.15) is 5.56 Å². The molecule has 2 rings (SSSR count). The average Bonchev–Trinajstić information content (AvgIpc) is 2.28. The predicted molar refractivity (Wildman–Crippen MR) is 66.4 cm³/mol. The first kappa shape index (κ1) is 11.4. The minimum absolute atomic E-state index is 0.0592. The van der Waals surface area contributed by atoms with Crippen molar-refractivity contribution in [2.75, 3.05) is 6.26 Å². The molecule has 0 radical (unpaired) electrons. The highest BCUT2D eigenvalue weighted by Gasteiger charge is 2.06. The maximum absolute atomic E-state index is 11.7. The number of fused-ring (bicyclic) bond motifs is 1. The quantitative estimate of drug-likeness (QED) is 0.883. The zero-order valence-electron chi connectivity index (χ0n) is 8.60. The lowest BCUT2D eigenvalue weighted by Crippen LogP contribution is -2.01. The van der Waals surface area contributed by atoms with E-state index in [-0.39, 0.29) is 12.0 Å². The second-order valence-electron chi connectivity index (χ2n) is 3.37. The summed E-state index contributed by atoms with van der Waals surface area (Å²) in [6.07, 6.45) is 1.55. The standard InChI is InChI=1S/C11H10O3S2/c1-16(14)11-5-9(13)8-3-2-7(6-12)4-10(8)15-11/h2-5,12H,6H2,1H3. The maximum atomic E-state index is 11.7. The van der Waals surface area contributed by atoms with Crippen LogP contribution in [0.15, 0.2) is 33.3 Å². The van der Waals surface area contributed by atoms with Crippen LogP contribution >= 0.6 is 11.3 Å². The van der Waals surface area contributed by atoms with Gasteiger partial charge in [0.1, 0.15) is 0 Å². The van der Waals surface area contributed by atoms with Crippen molar-refractivity contribution in [2.24, 2.45) is 0 Å². The summed E-state index contributed by atoms with van der Waals surface area (Å²) >= 11 is 1.33. The molecule has 1 N–H and O–H groups in total. The van der Waals surface area contributed by atoms with E-state index in [4.69, 9.17) is 5.11 Å². The molecule has 84 valence electrons. The van der Waals surface area contributed by atoms with E-state index in [1.807, 2.05) is 0 Å². The van der Waals surface area contributed by atoms with Gasteiger partial charge in [0.05, 0.1) is 21.6 Å². The van der Waals surface area contributed by atoms with Crippen molar-refractivity contribution in [3.8, 4) is 0 Å². The zero-order chi connectivity index (χ0) is 11.7. The molecule has 1 aromatic carbocycles. The SMILES string of the molecule is CS(=O)c1cc(=O)c2ccc(CO)cc2s1. The van der Waals surface area contributed by atoms with Crippen LogP contribution < -0.4 is 5.43 Å². The van der Waals surface area contributed by atoms with Crippen LogP contribution in [-0.4, -0.2) is 15.6 Å². The molecule has 1 aromatic heterocycles. The summed E-state index contributed by atoms with van der Waals surface area (Å²) in [5.41, 5.74) is 0.630. The Morgan fingerprint density at radius 3 is 2.75 bits per heavy atom. The fourth-order valence-electron chi connectivity index (χ4n) is 1.42. The smallest absolute Gasteiger partial charge is 0.189 e. The van der Waals surface area contributed by atoms with Crippen LogP contribution in [0, 0.1) is 0 Å². The molecule has 0 aliphatic carbocycles. The van der Waals surface area contributed by atoms with Gasteiger partial charge in [0.25, 0.3) is 0 Å². The van der Waals surface area contributed by atoms with Gasteiger partial charge in [-0.15, -0.1) is 11.3 Å². The lowest BCUT2D eigenvalue weighted by Gasteiger charge is -2.01. The van der Waals surface area contributed by atoms with Gasteiger partial charge >= 0.3 is 0 Å². The van der Waals surface area contributed by atoms with Crippen LogP contribution in [0.4, 0.5) is 0 Å². The highest BCUT2D eigenvalue weighted by atomic mass is 32.2. The van der Waals surface area contributed by atoms with Crippen molar-refractivity contribution in [1.29, 1.82) is 0 Å². The number of rotatable bonds is 2. The van der Waals surface area contributed by atoms with E-state index < -0.39 is 10.8 Å². The van der Waals surface area contributed by atoms with Crippen LogP contribution in [0.3, 0.4) is 0 Å². The number of hydrogen-bond donors (Lipinski definition) is 1. The highest BCUT2D eigenvalue weighted by molar-refractivity contribution is 7.86. The average molecular weight is 254 g/mol. The molecule has 0 aliphatic heterocycles. The molecule has 5 heteroatoms. The molecule has 0 bridgehead atoms. The van der Waals surface area contributed by atoms with Crippen molar-refractivity contribution in [2.45, 2.75) is 10.8 Å². The Morgan fingerprint density at radius 2 is 2.12 bits per heavy atom. The summed E-state index contributed by atoms with van der Waals surface area (Å²) in [4.78, 5) is 11.7. The van der Waals surface area contributed by atoms with E-state index in [0.717, 1.165) is 10.3 Å². The summed E-state index contributed by atoms with van der Waals surface area (Å²) in [5, 5.41) is 9.62. The molecule has 1 atom stereocenters. The third-order valence-corrected chi connectivity index (χ3v) is 4.75. The molecule has 2 aromatic rings. The van der Waals surface area contributed by atoms with Crippen LogP contribution in [0.25, 0.3) is 10.1 Å². The second-order valence-corrected chi connectivity index (χ2v) is 6.06. The van der Waals surface area contributed by atoms with Crippen LogP contribution in [-0.2, 0) is 17.4 Å². The molecule has 3 nitrogen and oxygen atoms in total. The molecular formula is C11H10O3S2. The summed E-state index contributed by atoms with van der Waals surface area (Å²) in [5.74, 6) is 0. The van der Waals surface area contributed by atoms with Gasteiger partial charge in [0.2, 0.25) is 0 Å². The predicted octanol–water partition coefficient (Wildman–Crippen LogP) is 1.49. The van der Waals surface area contributed by atoms with E-state index in [0.29, 0.717) is 9.60 Å². The third kappa shape index (κ3) is 2.07. The fraction of sp³-hybridized carbons (Fsp3) is 0.182. The minimum atomic E-state index is -1.15. The van der Waals surface area contributed by atoms with Gasteiger partial charge in [-0.05, 0) is 17.7 Å². The molecule has 0 saturated heterocycles. The monoisotopic (exact) mass is 254 g/mol. The number of aliphatic hydroxyl groups is 1. The maximum Gasteiger partial charge on any atom is 0.189 e. The van der Waals surface area contributed by atoms with Gasteiger partial charge in [-0.25, -0.2) is 0 Å². The van der Waals surface area contributed by atoms with Gasteiger partial charge in [0.15, 0.2) is 5.43 Å². The number of hydrogen-bond acceptors (Lipinski definition) is 4. The molecular weight excluding hydrogens is 244 g/mol. The van der Waals surface area contributed by atoms with Crippen molar-refractivity contribution in [3.05, 3.63) is 40.1 Å². The van der Waals surface area contributed by atoms with Crippen LogP contribution in [0.2, 0.25) is 0 Å². The Morgan fingerprint density at radius 1 is 1.38 bits per heavy atom. The van der Waals surface area contributed by atoms with Crippen molar-refractivity contribution >= 4 is 32.2 Å². The lowest BCUT2D eigenvalue weighted by atomic mass is 10.2. The first-order valence-corrected chi connectivity index (χ1v) is 7.00. The Labute approximate surface area is 98.8 Å². The van der Waals surface area contributed by atoms with Crippen molar-refractivity contribution in [1.82, 2.24) is 0 Å². The fourth-order valence-corrected chi connectivity index (χ4v) is 3.30. The lowest BCUT2D eigenvalue weighted by molar-refractivity contribution is 0.282. The number of aliphatic hydroxyl groups excluding tert-OH is 1. The van der Waals surface area contributed by atoms with E-state index >= 15 is 0 Å². The molecule has 0 amide bonds. The molecule has 1 heterocycles. The third-order valence-electron chi connectivity index (χ3n) is 2.24. The second kappa shape index (κ2) is 4.45. The zero-order valence-corrected chi connectivity index (χ0v) is 10.2. The molecule has 0 fully saturated rings. The molecule has 0 aliphatic rings. The summed E-state index contributed by atoms with van der Waals surface area (Å²) in [6, 6.07) is 6.60. The van der Waals surface area contributed by atoms with Gasteiger partial charge in [-0.1, -0.05) is 6.07 Å². The Bertz CT molecular complexity index is 616. The van der Waals surface area contributed by atoms with E-state index in [1.165, 1.54) is 17.4 Å². The normalized spacial score (nSPS) is 12.9. The first-order valence-electron chi connectivity index (χ1n) is 4.63. The van der Waals surface area contributed by atoms with Gasteiger partial charge in [-0.2, -0.15) is 0 Å². The largest absolute Gasteiger partial charge is 0.392 e. The summed E-state index contributed by atoms with van der Waals surface area (Å²) < 4.78 is 12.7. The van der Waals surface area contributed by atoms with E-state index in [1.54, 1.807) is 24.5 Å². The van der Waals surface area contributed by atoms with Gasteiger partial charge in [0, 0.05) is 22.4 Å². The molecule has 1 unspecified atom stereocenters. The molecule has 0 spiro atoms. The van der Waals surface area contributed by atoms with Crippen molar-refractivity contribution in [3.63, 3.8) is 0 Å². The van der Waals surface area contributed by atoms with Crippen LogP contribution in [0.5, 0.6) is 0 Å². The van der Waals surface area contributed by atoms with E-state index in [9.17, 15) is 9.00 Å². The topological polar surface area (TPSA) is 54.4 Å². The van der Waals surface area contributed by atoms with E-state index in [2.05, 4.69) is 0 Å². The summed E-state index contributed by atoms with van der Waals surface area (Å²) in [7, 11) is -1.15. The number of benzene rings is 1. The Kier molecular flexibility index (Phi) is 3.18. The van der Waals surface area contributed by atoms with Crippen molar-refractivity contribution < 1.29 is 9.32 Å². The molecule has 0 saturated carbocycles. The van der Waals surface area contributed by atoms with Gasteiger partial charge in [-0.3, -0.25) is 9.00 Å². The summed E-state index contributed by atoms with van der Waals surface area (Å²) in [6.45, 7) is -0.0592. The highest BCUT2D eigenvalue weighted by Crippen LogP contribution is 2.22. The molecule has 16 heavy (non-hydrogen) atoms. The minimum Gasteiger partial charge on any atom is -0.392 e. The Balaban J connectivity index is 2.78. The first-order chi connectivity index (χ1) is 7.61. The Hall–Kier alpha value is -1.04.